The Morgan fingerprint density at radius 2 is 2.20 bits per heavy atom. The number of hydrogen-bond donors (Lipinski definition) is 1. The third-order valence-corrected chi connectivity index (χ3v) is 3.18. The molecule has 0 saturated carbocycles. The molecule has 0 spiro atoms. The van der Waals surface area contributed by atoms with Crippen LogP contribution in [-0.2, 0) is 9.53 Å². The Labute approximate surface area is 96.5 Å². The minimum atomic E-state index is -0.445. The van der Waals surface area contributed by atoms with E-state index in [2.05, 4.69) is 0 Å². The van der Waals surface area contributed by atoms with Gasteiger partial charge in [0.25, 0.3) is 0 Å². The second-order valence-corrected chi connectivity index (χ2v) is 4.55. The zero-order valence-electron chi connectivity index (χ0n) is 10.0. The molecule has 1 amide bonds. The summed E-state index contributed by atoms with van der Waals surface area (Å²) in [6, 6.07) is -0.222. The highest BCUT2D eigenvalue weighted by atomic mass is 32.2. The molecule has 0 aromatic carbocycles. The maximum Gasteiger partial charge on any atom is 0.239 e. The third kappa shape index (κ3) is 5.39. The number of nitrogens with two attached hydrogens (primary N) is 1. The van der Waals surface area contributed by atoms with E-state index in [-0.39, 0.29) is 11.9 Å². The summed E-state index contributed by atoms with van der Waals surface area (Å²) in [7, 11) is 3.41. The Morgan fingerprint density at radius 3 is 2.67 bits per heavy atom. The van der Waals surface area contributed by atoms with Gasteiger partial charge in [-0.1, -0.05) is 0 Å². The van der Waals surface area contributed by atoms with Gasteiger partial charge in [0.15, 0.2) is 0 Å². The van der Waals surface area contributed by atoms with E-state index >= 15 is 0 Å². The van der Waals surface area contributed by atoms with E-state index in [9.17, 15) is 4.79 Å². The molecular formula is C10H22N2O2S. The molecule has 0 fully saturated rings. The van der Waals surface area contributed by atoms with Crippen LogP contribution in [0.4, 0.5) is 0 Å². The summed E-state index contributed by atoms with van der Waals surface area (Å²) in [5.74, 6) is 0.924. The van der Waals surface area contributed by atoms with Crippen LogP contribution in [0, 0.1) is 0 Å². The molecule has 0 saturated heterocycles. The number of hydrogen-bond acceptors (Lipinski definition) is 4. The summed E-state index contributed by atoms with van der Waals surface area (Å²) in [4.78, 5) is 13.5. The van der Waals surface area contributed by atoms with E-state index in [1.54, 1.807) is 30.8 Å². The van der Waals surface area contributed by atoms with Crippen LogP contribution in [0.3, 0.4) is 0 Å². The largest absolute Gasteiger partial charge is 0.385 e. The summed E-state index contributed by atoms with van der Waals surface area (Å²) in [5, 5.41) is 0. The van der Waals surface area contributed by atoms with Crippen LogP contribution >= 0.6 is 11.8 Å². The predicted molar refractivity (Wildman–Crippen MR) is 65.1 cm³/mol. The fourth-order valence-electron chi connectivity index (χ4n) is 1.20. The lowest BCUT2D eigenvalue weighted by atomic mass is 10.2. The number of likely N-dealkylation sites (N-methyl/N-ethyl adjacent to an activating group) is 1. The molecule has 2 atom stereocenters. The highest BCUT2D eigenvalue weighted by Gasteiger charge is 2.21. The van der Waals surface area contributed by atoms with Gasteiger partial charge in [-0.05, 0) is 19.6 Å². The number of carbonyl (C=O) groups is 1. The minimum absolute atomic E-state index is 0.00593. The number of methoxy groups -OCH3 is 1. The van der Waals surface area contributed by atoms with Crippen molar-refractivity contribution < 1.29 is 9.53 Å². The molecule has 0 aliphatic heterocycles. The maximum atomic E-state index is 11.8. The molecule has 0 radical (unpaired) electrons. The summed E-state index contributed by atoms with van der Waals surface area (Å²) >= 11 is 1.73. The van der Waals surface area contributed by atoms with Crippen LogP contribution in [0.15, 0.2) is 0 Å². The van der Waals surface area contributed by atoms with Crippen molar-refractivity contribution in [2.45, 2.75) is 25.4 Å². The molecule has 15 heavy (non-hydrogen) atoms. The smallest absolute Gasteiger partial charge is 0.239 e. The Morgan fingerprint density at radius 1 is 1.60 bits per heavy atom. The molecule has 90 valence electrons. The summed E-state index contributed by atoms with van der Waals surface area (Å²) in [5.41, 5.74) is 5.76. The monoisotopic (exact) mass is 234 g/mol. The average molecular weight is 234 g/mol. The lowest BCUT2D eigenvalue weighted by Crippen LogP contribution is -2.46. The van der Waals surface area contributed by atoms with Crippen molar-refractivity contribution in [3.8, 4) is 0 Å². The van der Waals surface area contributed by atoms with Gasteiger partial charge in [-0.2, -0.15) is 11.8 Å². The van der Waals surface area contributed by atoms with Crippen molar-refractivity contribution in [3.05, 3.63) is 0 Å². The van der Waals surface area contributed by atoms with E-state index in [0.717, 1.165) is 5.75 Å². The van der Waals surface area contributed by atoms with Gasteiger partial charge in [0.2, 0.25) is 5.91 Å². The first-order valence-corrected chi connectivity index (χ1v) is 6.44. The number of thioether (sulfide) groups is 1. The zero-order valence-corrected chi connectivity index (χ0v) is 10.8. The predicted octanol–water partition coefficient (Wildman–Crippen LogP) is 0.560. The first-order valence-electron chi connectivity index (χ1n) is 5.04. The van der Waals surface area contributed by atoms with Gasteiger partial charge in [-0.25, -0.2) is 0 Å². The van der Waals surface area contributed by atoms with Gasteiger partial charge in [-0.3, -0.25) is 4.79 Å². The number of rotatable bonds is 7. The first-order chi connectivity index (χ1) is 7.04. The third-order valence-electron chi connectivity index (χ3n) is 2.37. The molecule has 0 aliphatic carbocycles. The molecule has 4 nitrogen and oxygen atoms in total. The van der Waals surface area contributed by atoms with Crippen LogP contribution in [0.1, 0.15) is 13.3 Å². The van der Waals surface area contributed by atoms with Gasteiger partial charge in [0, 0.05) is 32.6 Å². The standard InChI is InChI=1S/C10H22N2O2S/c1-8(7-15-4)12(2)10(13)9(11)5-6-14-3/h8-9H,5-7,11H2,1-4H3. The van der Waals surface area contributed by atoms with Gasteiger partial charge in [-0.15, -0.1) is 0 Å². The topological polar surface area (TPSA) is 55.6 Å². The van der Waals surface area contributed by atoms with Crippen molar-refractivity contribution in [2.24, 2.45) is 5.73 Å². The van der Waals surface area contributed by atoms with Crippen LogP contribution in [0.5, 0.6) is 0 Å². The minimum Gasteiger partial charge on any atom is -0.385 e. The Balaban J connectivity index is 4.05. The van der Waals surface area contributed by atoms with Crippen LogP contribution in [0.25, 0.3) is 0 Å². The van der Waals surface area contributed by atoms with Gasteiger partial charge in [0.05, 0.1) is 6.04 Å². The van der Waals surface area contributed by atoms with Crippen LogP contribution in [-0.4, -0.2) is 55.7 Å². The average Bonchev–Trinajstić information content (AvgIpc) is 2.24. The van der Waals surface area contributed by atoms with E-state index in [1.165, 1.54) is 0 Å². The number of carbonyl (C=O) groups excluding carboxylic acids is 1. The Kier molecular flexibility index (Phi) is 7.82. The molecule has 0 rings (SSSR count). The van der Waals surface area contributed by atoms with Crippen LogP contribution in [0.2, 0.25) is 0 Å². The van der Waals surface area contributed by atoms with Gasteiger partial charge >= 0.3 is 0 Å². The lowest BCUT2D eigenvalue weighted by molar-refractivity contribution is -0.133. The molecule has 0 aliphatic rings. The fraction of sp³-hybridized carbons (Fsp3) is 0.900. The molecule has 0 bridgehead atoms. The van der Waals surface area contributed by atoms with Crippen molar-refractivity contribution >= 4 is 17.7 Å². The SMILES string of the molecule is COCCC(N)C(=O)N(C)C(C)CSC. The number of nitrogens with zero attached hydrogens (tertiary/aromatic N) is 1. The fourth-order valence-corrected chi connectivity index (χ4v) is 1.91. The quantitative estimate of drug-likeness (QED) is 0.699. The number of amides is 1. The van der Waals surface area contributed by atoms with Gasteiger partial charge < -0.3 is 15.4 Å². The van der Waals surface area contributed by atoms with Crippen molar-refractivity contribution in [1.29, 1.82) is 0 Å². The maximum absolute atomic E-state index is 11.8. The molecule has 5 heteroatoms. The van der Waals surface area contributed by atoms with E-state index in [0.29, 0.717) is 13.0 Å². The molecule has 2 N–H and O–H groups in total. The van der Waals surface area contributed by atoms with Crippen molar-refractivity contribution in [2.75, 3.05) is 32.8 Å². The first kappa shape index (κ1) is 14.7. The van der Waals surface area contributed by atoms with Crippen molar-refractivity contribution in [3.63, 3.8) is 0 Å². The molecule has 0 aromatic heterocycles. The van der Waals surface area contributed by atoms with E-state index in [1.807, 2.05) is 13.2 Å². The highest BCUT2D eigenvalue weighted by molar-refractivity contribution is 7.98. The zero-order chi connectivity index (χ0) is 11.8. The summed E-state index contributed by atoms with van der Waals surface area (Å²) in [6.07, 6.45) is 2.60. The molecule has 0 heterocycles. The van der Waals surface area contributed by atoms with E-state index in [4.69, 9.17) is 10.5 Å². The molecular weight excluding hydrogens is 212 g/mol. The summed E-state index contributed by atoms with van der Waals surface area (Å²) < 4.78 is 4.90. The lowest BCUT2D eigenvalue weighted by Gasteiger charge is -2.27. The Bertz CT molecular complexity index is 190. The highest BCUT2D eigenvalue weighted by Crippen LogP contribution is 2.06. The Hall–Kier alpha value is -0.260. The molecule has 0 aromatic rings. The van der Waals surface area contributed by atoms with Gasteiger partial charge in [0.1, 0.15) is 0 Å². The van der Waals surface area contributed by atoms with Crippen molar-refractivity contribution in [1.82, 2.24) is 4.90 Å². The second-order valence-electron chi connectivity index (χ2n) is 3.64. The normalized spacial score (nSPS) is 14.7. The molecule has 2 unspecified atom stereocenters. The second kappa shape index (κ2) is 7.96. The number of ether oxygens (including phenoxy) is 1. The van der Waals surface area contributed by atoms with E-state index < -0.39 is 6.04 Å². The van der Waals surface area contributed by atoms with Crippen LogP contribution < -0.4 is 5.73 Å². The summed E-state index contributed by atoms with van der Waals surface area (Å²) in [6.45, 7) is 2.55.